The van der Waals surface area contributed by atoms with Crippen molar-refractivity contribution < 1.29 is 4.74 Å². The Balaban J connectivity index is 2.11. The van der Waals surface area contributed by atoms with E-state index in [2.05, 4.69) is 11.1 Å². The van der Waals surface area contributed by atoms with E-state index in [1.165, 1.54) is 0 Å². The molecule has 4 heteroatoms. The molecule has 0 amide bonds. The molecular formula is C18H15N3O. The first-order valence-corrected chi connectivity index (χ1v) is 6.90. The van der Waals surface area contributed by atoms with Crippen LogP contribution in [0.25, 0.3) is 22.7 Å². The number of nitrogens with zero attached hydrogens (tertiary/aromatic N) is 3. The van der Waals surface area contributed by atoms with Gasteiger partial charge in [-0.1, -0.05) is 24.3 Å². The van der Waals surface area contributed by atoms with E-state index in [9.17, 15) is 5.26 Å². The fourth-order valence-corrected chi connectivity index (χ4v) is 2.43. The predicted molar refractivity (Wildman–Crippen MR) is 87.2 cm³/mol. The van der Waals surface area contributed by atoms with Gasteiger partial charge in [-0.3, -0.25) is 0 Å². The lowest BCUT2D eigenvalue weighted by atomic mass is 10.1. The third-order valence-electron chi connectivity index (χ3n) is 3.55. The summed E-state index contributed by atoms with van der Waals surface area (Å²) in [5, 5.41) is 9.51. The fraction of sp³-hybridized carbons (Fsp3) is 0.111. The summed E-state index contributed by atoms with van der Waals surface area (Å²) >= 11 is 0. The van der Waals surface area contributed by atoms with E-state index in [1.54, 1.807) is 7.11 Å². The molecule has 1 heterocycles. The molecule has 0 aliphatic rings. The summed E-state index contributed by atoms with van der Waals surface area (Å²) in [6, 6.07) is 17.7. The largest absolute Gasteiger partial charge is 0.497 e. The number of benzene rings is 2. The molecular weight excluding hydrogens is 274 g/mol. The maximum atomic E-state index is 9.51. The third kappa shape index (κ3) is 2.45. The predicted octanol–water partition coefficient (Wildman–Crippen LogP) is 3.65. The molecule has 2 aromatic carbocycles. The Labute approximate surface area is 128 Å². The lowest BCUT2D eigenvalue weighted by Crippen LogP contribution is -1.96. The number of allylic oxidation sites excluding steroid dienone is 1. The van der Waals surface area contributed by atoms with E-state index >= 15 is 0 Å². The maximum Gasteiger partial charge on any atom is 0.151 e. The van der Waals surface area contributed by atoms with Crippen LogP contribution >= 0.6 is 0 Å². The first kappa shape index (κ1) is 13.9. The number of fused-ring (bicyclic) bond motifs is 1. The third-order valence-corrected chi connectivity index (χ3v) is 3.55. The molecule has 108 valence electrons. The van der Waals surface area contributed by atoms with Crippen LogP contribution in [0.3, 0.4) is 0 Å². The monoisotopic (exact) mass is 289 g/mol. The van der Waals surface area contributed by atoms with Gasteiger partial charge in [-0.2, -0.15) is 5.26 Å². The van der Waals surface area contributed by atoms with Gasteiger partial charge in [0.1, 0.15) is 11.8 Å². The molecule has 3 aromatic rings. The molecule has 0 aliphatic carbocycles. The van der Waals surface area contributed by atoms with E-state index < -0.39 is 0 Å². The fourth-order valence-electron chi connectivity index (χ4n) is 2.43. The molecule has 0 bridgehead atoms. The van der Waals surface area contributed by atoms with Crippen molar-refractivity contribution in [3.63, 3.8) is 0 Å². The topological polar surface area (TPSA) is 50.8 Å². The van der Waals surface area contributed by atoms with E-state index in [-0.39, 0.29) is 0 Å². The minimum atomic E-state index is 0.520. The molecule has 0 atom stereocenters. The van der Waals surface area contributed by atoms with E-state index in [4.69, 9.17) is 4.74 Å². The van der Waals surface area contributed by atoms with Gasteiger partial charge in [0.2, 0.25) is 0 Å². The second-order valence-corrected chi connectivity index (χ2v) is 4.93. The van der Waals surface area contributed by atoms with Gasteiger partial charge in [-0.25, -0.2) is 4.98 Å². The summed E-state index contributed by atoms with van der Waals surface area (Å²) in [6.07, 6.45) is 1.82. The van der Waals surface area contributed by atoms with Crippen molar-refractivity contribution in [1.29, 1.82) is 5.26 Å². The van der Waals surface area contributed by atoms with Crippen LogP contribution in [-0.2, 0) is 7.05 Å². The smallest absolute Gasteiger partial charge is 0.151 e. The van der Waals surface area contributed by atoms with E-state index in [0.717, 1.165) is 22.3 Å². The van der Waals surface area contributed by atoms with Crippen molar-refractivity contribution in [3.05, 3.63) is 59.9 Å². The van der Waals surface area contributed by atoms with Crippen molar-refractivity contribution in [3.8, 4) is 11.8 Å². The van der Waals surface area contributed by atoms with Crippen LogP contribution in [0.4, 0.5) is 0 Å². The Hall–Kier alpha value is -3.06. The Bertz CT molecular complexity index is 900. The Morgan fingerprint density at radius 3 is 2.77 bits per heavy atom. The summed E-state index contributed by atoms with van der Waals surface area (Å²) in [4.78, 5) is 4.56. The second-order valence-electron chi connectivity index (χ2n) is 4.93. The molecule has 0 saturated heterocycles. The van der Waals surface area contributed by atoms with Crippen LogP contribution in [0.2, 0.25) is 0 Å². The SMILES string of the molecule is COc1cccc(/C=C(/C#N)c2nc3ccccc3n2C)c1. The summed E-state index contributed by atoms with van der Waals surface area (Å²) in [7, 11) is 3.54. The van der Waals surface area contributed by atoms with Crippen molar-refractivity contribution in [2.24, 2.45) is 7.05 Å². The van der Waals surface area contributed by atoms with Crippen LogP contribution in [0, 0.1) is 11.3 Å². The Morgan fingerprint density at radius 1 is 1.23 bits per heavy atom. The number of aryl methyl sites for hydroxylation is 1. The van der Waals surface area contributed by atoms with Crippen LogP contribution in [0.15, 0.2) is 48.5 Å². The number of methoxy groups -OCH3 is 1. The normalized spacial score (nSPS) is 11.4. The zero-order valence-electron chi connectivity index (χ0n) is 12.4. The summed E-state index contributed by atoms with van der Waals surface area (Å²) in [6.45, 7) is 0. The number of ether oxygens (including phenoxy) is 1. The lowest BCUT2D eigenvalue weighted by Gasteiger charge is -2.03. The van der Waals surface area contributed by atoms with Gasteiger partial charge in [0, 0.05) is 7.05 Å². The number of imidazole rings is 1. The Kier molecular flexibility index (Phi) is 3.63. The highest BCUT2D eigenvalue weighted by Gasteiger charge is 2.11. The summed E-state index contributed by atoms with van der Waals surface area (Å²) in [5.41, 5.74) is 3.31. The zero-order valence-corrected chi connectivity index (χ0v) is 12.4. The van der Waals surface area contributed by atoms with Gasteiger partial charge >= 0.3 is 0 Å². The highest BCUT2D eigenvalue weighted by Crippen LogP contribution is 2.23. The number of para-hydroxylation sites is 2. The zero-order chi connectivity index (χ0) is 15.5. The molecule has 0 unspecified atom stereocenters. The first-order chi connectivity index (χ1) is 10.7. The molecule has 4 nitrogen and oxygen atoms in total. The standard InChI is InChI=1S/C18H15N3O/c1-21-17-9-4-3-8-16(17)20-18(21)14(12-19)10-13-6-5-7-15(11-13)22-2/h3-11H,1-2H3/b14-10-. The van der Waals surface area contributed by atoms with Crippen molar-refractivity contribution >= 4 is 22.7 Å². The van der Waals surface area contributed by atoms with Gasteiger partial charge in [-0.15, -0.1) is 0 Å². The van der Waals surface area contributed by atoms with Crippen LogP contribution < -0.4 is 4.74 Å². The van der Waals surface area contributed by atoms with E-state index in [1.807, 2.05) is 66.2 Å². The first-order valence-electron chi connectivity index (χ1n) is 6.90. The minimum Gasteiger partial charge on any atom is -0.497 e. The minimum absolute atomic E-state index is 0.520. The number of aromatic nitrogens is 2. The summed E-state index contributed by atoms with van der Waals surface area (Å²) < 4.78 is 7.15. The van der Waals surface area contributed by atoms with Gasteiger partial charge in [0.05, 0.1) is 23.7 Å². The molecule has 0 N–H and O–H groups in total. The van der Waals surface area contributed by atoms with Crippen molar-refractivity contribution in [2.75, 3.05) is 7.11 Å². The molecule has 0 aliphatic heterocycles. The molecule has 0 fully saturated rings. The second kappa shape index (κ2) is 5.74. The van der Waals surface area contributed by atoms with Gasteiger partial charge < -0.3 is 9.30 Å². The number of hydrogen-bond donors (Lipinski definition) is 0. The van der Waals surface area contributed by atoms with Gasteiger partial charge in [-0.05, 0) is 35.9 Å². The lowest BCUT2D eigenvalue weighted by molar-refractivity contribution is 0.414. The average molecular weight is 289 g/mol. The molecule has 3 rings (SSSR count). The van der Waals surface area contributed by atoms with Crippen LogP contribution in [-0.4, -0.2) is 16.7 Å². The molecule has 22 heavy (non-hydrogen) atoms. The highest BCUT2D eigenvalue weighted by molar-refractivity contribution is 5.90. The van der Waals surface area contributed by atoms with Crippen LogP contribution in [0.1, 0.15) is 11.4 Å². The summed E-state index contributed by atoms with van der Waals surface area (Å²) in [5.74, 6) is 1.42. The maximum absolute atomic E-state index is 9.51. The number of rotatable bonds is 3. The van der Waals surface area contributed by atoms with Crippen LogP contribution in [0.5, 0.6) is 5.75 Å². The average Bonchev–Trinajstić information content (AvgIpc) is 2.90. The van der Waals surface area contributed by atoms with Gasteiger partial charge in [0.15, 0.2) is 5.82 Å². The Morgan fingerprint density at radius 2 is 2.05 bits per heavy atom. The van der Waals surface area contributed by atoms with Crippen molar-refractivity contribution in [2.45, 2.75) is 0 Å². The molecule has 0 radical (unpaired) electrons. The number of nitriles is 1. The highest BCUT2D eigenvalue weighted by atomic mass is 16.5. The molecule has 0 spiro atoms. The van der Waals surface area contributed by atoms with E-state index in [0.29, 0.717) is 11.4 Å². The number of hydrogen-bond acceptors (Lipinski definition) is 3. The van der Waals surface area contributed by atoms with Crippen molar-refractivity contribution in [1.82, 2.24) is 9.55 Å². The quantitative estimate of drug-likeness (QED) is 0.692. The van der Waals surface area contributed by atoms with Gasteiger partial charge in [0.25, 0.3) is 0 Å². The molecule has 0 saturated carbocycles. The molecule has 1 aromatic heterocycles.